The van der Waals surface area contributed by atoms with Crippen LogP contribution in [0.5, 0.6) is 0 Å². The summed E-state index contributed by atoms with van der Waals surface area (Å²) in [5, 5.41) is -0.364. The zero-order valence-corrected chi connectivity index (χ0v) is 11.5. The minimum absolute atomic E-state index is 0.364. The van der Waals surface area contributed by atoms with E-state index in [4.69, 9.17) is 0 Å². The van der Waals surface area contributed by atoms with Gasteiger partial charge in [-0.25, -0.2) is 18.4 Å². The summed E-state index contributed by atoms with van der Waals surface area (Å²) in [7, 11) is -3.14. The standard InChI is InChI=1S/C11H18N4O2S/c1-10(2)18(16,17)15-8-6-14(7-9-15)11-12-4-3-5-13-11/h3-5,10H,6-9H2,1-2H3. The number of piperazine rings is 1. The van der Waals surface area contributed by atoms with Gasteiger partial charge in [-0.15, -0.1) is 0 Å². The van der Waals surface area contributed by atoms with Crippen molar-refractivity contribution in [2.75, 3.05) is 31.1 Å². The molecule has 0 unspecified atom stereocenters. The van der Waals surface area contributed by atoms with Crippen LogP contribution in [0.4, 0.5) is 5.95 Å². The Hall–Kier alpha value is -1.21. The van der Waals surface area contributed by atoms with E-state index in [1.165, 1.54) is 0 Å². The Bertz CT molecular complexity index is 481. The van der Waals surface area contributed by atoms with Gasteiger partial charge in [0.25, 0.3) is 0 Å². The normalized spacial score (nSPS) is 18.3. The van der Waals surface area contributed by atoms with Gasteiger partial charge >= 0.3 is 0 Å². The van der Waals surface area contributed by atoms with Crippen molar-refractivity contribution in [1.29, 1.82) is 0 Å². The van der Waals surface area contributed by atoms with Crippen LogP contribution >= 0.6 is 0 Å². The molecule has 0 saturated carbocycles. The Morgan fingerprint density at radius 1 is 1.11 bits per heavy atom. The van der Waals surface area contributed by atoms with Gasteiger partial charge in [0, 0.05) is 38.6 Å². The predicted molar refractivity (Wildman–Crippen MR) is 69.9 cm³/mol. The quantitative estimate of drug-likeness (QED) is 0.792. The van der Waals surface area contributed by atoms with Gasteiger partial charge in [0.15, 0.2) is 0 Å². The van der Waals surface area contributed by atoms with Crippen molar-refractivity contribution in [3.63, 3.8) is 0 Å². The number of rotatable bonds is 3. The fourth-order valence-electron chi connectivity index (χ4n) is 1.90. The summed E-state index contributed by atoms with van der Waals surface area (Å²) in [6.07, 6.45) is 3.39. The van der Waals surface area contributed by atoms with E-state index in [0.717, 1.165) is 0 Å². The van der Waals surface area contributed by atoms with Crippen LogP contribution in [-0.4, -0.2) is 54.1 Å². The fraction of sp³-hybridized carbons (Fsp3) is 0.636. The van der Waals surface area contributed by atoms with Crippen LogP contribution in [0.25, 0.3) is 0 Å². The molecule has 100 valence electrons. The molecule has 1 aromatic rings. The van der Waals surface area contributed by atoms with E-state index < -0.39 is 10.0 Å². The third kappa shape index (κ3) is 2.62. The molecule has 0 aliphatic carbocycles. The number of anilines is 1. The molecule has 7 heteroatoms. The summed E-state index contributed by atoms with van der Waals surface area (Å²) in [5.41, 5.74) is 0. The SMILES string of the molecule is CC(C)S(=O)(=O)N1CCN(c2ncccn2)CC1. The largest absolute Gasteiger partial charge is 0.338 e. The van der Waals surface area contributed by atoms with Crippen molar-refractivity contribution >= 4 is 16.0 Å². The second-order valence-electron chi connectivity index (χ2n) is 4.53. The second-order valence-corrected chi connectivity index (χ2v) is 7.02. The Morgan fingerprint density at radius 3 is 2.17 bits per heavy atom. The molecule has 2 rings (SSSR count). The maximum Gasteiger partial charge on any atom is 0.225 e. The Balaban J connectivity index is 2.01. The zero-order valence-electron chi connectivity index (χ0n) is 10.7. The smallest absolute Gasteiger partial charge is 0.225 e. The predicted octanol–water partition coefficient (Wildman–Crippen LogP) is 0.337. The molecule has 18 heavy (non-hydrogen) atoms. The number of nitrogens with zero attached hydrogens (tertiary/aromatic N) is 4. The zero-order chi connectivity index (χ0) is 13.2. The van der Waals surface area contributed by atoms with Gasteiger partial charge in [0.05, 0.1) is 5.25 Å². The van der Waals surface area contributed by atoms with Gasteiger partial charge in [0.2, 0.25) is 16.0 Å². The van der Waals surface area contributed by atoms with Gasteiger partial charge in [-0.2, -0.15) is 4.31 Å². The monoisotopic (exact) mass is 270 g/mol. The van der Waals surface area contributed by atoms with E-state index in [9.17, 15) is 8.42 Å². The van der Waals surface area contributed by atoms with Crippen LogP contribution in [0.1, 0.15) is 13.8 Å². The highest BCUT2D eigenvalue weighted by atomic mass is 32.2. The second kappa shape index (κ2) is 5.19. The molecule has 0 radical (unpaired) electrons. The molecule has 1 aliphatic rings. The van der Waals surface area contributed by atoms with Crippen LogP contribution in [0, 0.1) is 0 Å². The number of aromatic nitrogens is 2. The van der Waals surface area contributed by atoms with E-state index in [-0.39, 0.29) is 5.25 Å². The van der Waals surface area contributed by atoms with E-state index >= 15 is 0 Å². The van der Waals surface area contributed by atoms with Crippen LogP contribution in [0.3, 0.4) is 0 Å². The molecule has 1 aromatic heterocycles. The van der Waals surface area contributed by atoms with E-state index in [2.05, 4.69) is 9.97 Å². The summed E-state index contributed by atoms with van der Waals surface area (Å²) >= 11 is 0. The average Bonchev–Trinajstić information content (AvgIpc) is 2.40. The molecule has 0 atom stereocenters. The lowest BCUT2D eigenvalue weighted by molar-refractivity contribution is 0.379. The maximum atomic E-state index is 12.0. The lowest BCUT2D eigenvalue weighted by Crippen LogP contribution is -2.50. The first-order chi connectivity index (χ1) is 8.51. The van der Waals surface area contributed by atoms with E-state index in [1.807, 2.05) is 4.90 Å². The van der Waals surface area contributed by atoms with Gasteiger partial charge in [-0.05, 0) is 19.9 Å². The van der Waals surface area contributed by atoms with Crippen LogP contribution < -0.4 is 4.90 Å². The van der Waals surface area contributed by atoms with Gasteiger partial charge in [0.1, 0.15) is 0 Å². The molecule has 0 bridgehead atoms. The van der Waals surface area contributed by atoms with Crippen molar-refractivity contribution in [3.05, 3.63) is 18.5 Å². The Morgan fingerprint density at radius 2 is 1.67 bits per heavy atom. The van der Waals surface area contributed by atoms with Crippen molar-refractivity contribution < 1.29 is 8.42 Å². The number of hydrogen-bond donors (Lipinski definition) is 0. The molecule has 0 aromatic carbocycles. The summed E-state index contributed by atoms with van der Waals surface area (Å²) in [5.74, 6) is 0.666. The van der Waals surface area contributed by atoms with Gasteiger partial charge < -0.3 is 4.90 Å². The van der Waals surface area contributed by atoms with Crippen molar-refractivity contribution in [1.82, 2.24) is 14.3 Å². The van der Waals surface area contributed by atoms with E-state index in [1.54, 1.807) is 36.6 Å². The Labute approximate surface area is 108 Å². The molecular weight excluding hydrogens is 252 g/mol. The minimum atomic E-state index is -3.14. The lowest BCUT2D eigenvalue weighted by Gasteiger charge is -2.34. The van der Waals surface area contributed by atoms with Crippen LogP contribution in [0.2, 0.25) is 0 Å². The molecule has 1 saturated heterocycles. The fourth-order valence-corrected chi connectivity index (χ4v) is 3.16. The molecule has 1 aliphatic heterocycles. The van der Waals surface area contributed by atoms with Crippen LogP contribution in [0.15, 0.2) is 18.5 Å². The molecule has 0 N–H and O–H groups in total. The molecule has 1 fully saturated rings. The summed E-state index contributed by atoms with van der Waals surface area (Å²) in [4.78, 5) is 10.3. The number of sulfonamides is 1. The minimum Gasteiger partial charge on any atom is -0.338 e. The third-order valence-electron chi connectivity index (χ3n) is 3.03. The first-order valence-corrected chi connectivity index (χ1v) is 7.53. The molecular formula is C11H18N4O2S. The summed E-state index contributed by atoms with van der Waals surface area (Å²) in [6.45, 7) is 5.69. The first kappa shape index (κ1) is 13.2. The highest BCUT2D eigenvalue weighted by Gasteiger charge is 2.29. The third-order valence-corrected chi connectivity index (χ3v) is 5.31. The average molecular weight is 270 g/mol. The topological polar surface area (TPSA) is 66.4 Å². The molecule has 6 nitrogen and oxygen atoms in total. The number of hydrogen-bond acceptors (Lipinski definition) is 5. The summed E-state index contributed by atoms with van der Waals surface area (Å²) in [6, 6.07) is 1.77. The molecule has 0 amide bonds. The van der Waals surface area contributed by atoms with Crippen molar-refractivity contribution in [2.24, 2.45) is 0 Å². The molecule has 2 heterocycles. The van der Waals surface area contributed by atoms with Crippen LogP contribution in [-0.2, 0) is 10.0 Å². The first-order valence-electron chi connectivity index (χ1n) is 6.03. The summed E-state index contributed by atoms with van der Waals surface area (Å²) < 4.78 is 25.6. The van der Waals surface area contributed by atoms with Gasteiger partial charge in [-0.3, -0.25) is 0 Å². The highest BCUT2D eigenvalue weighted by molar-refractivity contribution is 7.89. The van der Waals surface area contributed by atoms with E-state index in [0.29, 0.717) is 32.1 Å². The lowest BCUT2D eigenvalue weighted by atomic mass is 10.4. The Kier molecular flexibility index (Phi) is 3.82. The highest BCUT2D eigenvalue weighted by Crippen LogP contribution is 2.15. The maximum absolute atomic E-state index is 12.0. The molecule has 0 spiro atoms. The van der Waals surface area contributed by atoms with Gasteiger partial charge in [-0.1, -0.05) is 0 Å². The van der Waals surface area contributed by atoms with Crippen molar-refractivity contribution in [2.45, 2.75) is 19.1 Å². The van der Waals surface area contributed by atoms with Crippen molar-refractivity contribution in [3.8, 4) is 0 Å².